The summed E-state index contributed by atoms with van der Waals surface area (Å²) in [6.45, 7) is 3.76. The molecule has 0 fully saturated rings. The highest BCUT2D eigenvalue weighted by molar-refractivity contribution is 9.10. The second-order valence-corrected chi connectivity index (χ2v) is 8.21. The summed E-state index contributed by atoms with van der Waals surface area (Å²) in [5.74, 6) is -0.238. The Morgan fingerprint density at radius 1 is 1.04 bits per heavy atom. The Labute approximate surface area is 163 Å². The van der Waals surface area contributed by atoms with E-state index in [2.05, 4.69) is 21.2 Å². The Morgan fingerprint density at radius 3 is 2.23 bits per heavy atom. The minimum atomic E-state index is -1.42. The maximum absolute atomic E-state index is 12.4. The molecule has 1 unspecified atom stereocenters. The maximum atomic E-state index is 12.4. The molecule has 140 valence electrons. The Balaban J connectivity index is 1.98. The van der Waals surface area contributed by atoms with Gasteiger partial charge in [-0.1, -0.05) is 58.4 Å². The standard InChI is InChI=1S/C21H26BrNO3/c1-20(2,25)15-21(26,17-6-4-3-5-7-17)14-19(24)23-13-12-16-8-10-18(22)11-9-16/h3-11,25-26H,12-15H2,1-2H3,(H,23,24). The van der Waals surface area contributed by atoms with Gasteiger partial charge in [-0.3, -0.25) is 4.79 Å². The van der Waals surface area contributed by atoms with Crippen molar-refractivity contribution in [3.8, 4) is 0 Å². The molecular formula is C21H26BrNO3. The zero-order valence-corrected chi connectivity index (χ0v) is 16.8. The fourth-order valence-electron chi connectivity index (χ4n) is 3.06. The molecule has 0 heterocycles. The molecule has 2 aromatic carbocycles. The van der Waals surface area contributed by atoms with Crippen LogP contribution in [-0.4, -0.2) is 28.3 Å². The number of halogens is 1. The molecule has 0 saturated carbocycles. The minimum Gasteiger partial charge on any atom is -0.390 e. The molecule has 26 heavy (non-hydrogen) atoms. The summed E-state index contributed by atoms with van der Waals surface area (Å²) in [7, 11) is 0. The maximum Gasteiger partial charge on any atom is 0.223 e. The van der Waals surface area contributed by atoms with Crippen LogP contribution in [-0.2, 0) is 16.8 Å². The molecule has 0 radical (unpaired) electrons. The Morgan fingerprint density at radius 2 is 1.65 bits per heavy atom. The van der Waals surface area contributed by atoms with Crippen LogP contribution in [0.3, 0.4) is 0 Å². The summed E-state index contributed by atoms with van der Waals surface area (Å²) in [5, 5.41) is 24.2. The molecule has 2 aromatic rings. The number of aliphatic hydroxyl groups is 2. The largest absolute Gasteiger partial charge is 0.390 e. The van der Waals surface area contributed by atoms with Crippen molar-refractivity contribution in [3.05, 3.63) is 70.2 Å². The number of rotatable bonds is 8. The lowest BCUT2D eigenvalue weighted by Gasteiger charge is -2.33. The lowest BCUT2D eigenvalue weighted by Crippen LogP contribution is -2.40. The van der Waals surface area contributed by atoms with Gasteiger partial charge in [-0.25, -0.2) is 0 Å². The van der Waals surface area contributed by atoms with Crippen molar-refractivity contribution >= 4 is 21.8 Å². The molecule has 0 aromatic heterocycles. The van der Waals surface area contributed by atoms with E-state index in [9.17, 15) is 15.0 Å². The van der Waals surface area contributed by atoms with Crippen molar-refractivity contribution in [1.82, 2.24) is 5.32 Å². The zero-order valence-electron chi connectivity index (χ0n) is 15.2. The lowest BCUT2D eigenvalue weighted by molar-refractivity contribution is -0.129. The first kappa shape index (κ1) is 20.6. The average molecular weight is 420 g/mol. The Bertz CT molecular complexity index is 710. The molecule has 3 N–H and O–H groups in total. The topological polar surface area (TPSA) is 69.6 Å². The smallest absolute Gasteiger partial charge is 0.223 e. The van der Waals surface area contributed by atoms with E-state index in [1.54, 1.807) is 26.0 Å². The van der Waals surface area contributed by atoms with Crippen LogP contribution in [0, 0.1) is 0 Å². The van der Waals surface area contributed by atoms with Gasteiger partial charge >= 0.3 is 0 Å². The van der Waals surface area contributed by atoms with Crippen LogP contribution in [0.1, 0.15) is 37.8 Å². The Kier molecular flexibility index (Phi) is 6.98. The molecule has 0 saturated heterocycles. The van der Waals surface area contributed by atoms with Crippen LogP contribution >= 0.6 is 15.9 Å². The molecule has 1 amide bonds. The average Bonchev–Trinajstić information content (AvgIpc) is 2.56. The molecular weight excluding hydrogens is 394 g/mol. The summed E-state index contributed by atoms with van der Waals surface area (Å²) in [6, 6.07) is 17.0. The van der Waals surface area contributed by atoms with Gasteiger partial charge in [0.15, 0.2) is 0 Å². The van der Waals surface area contributed by atoms with Crippen molar-refractivity contribution in [2.75, 3.05) is 6.54 Å². The number of benzene rings is 2. The van der Waals surface area contributed by atoms with Gasteiger partial charge in [0, 0.05) is 17.4 Å². The van der Waals surface area contributed by atoms with Crippen LogP contribution < -0.4 is 5.32 Å². The SMILES string of the molecule is CC(C)(O)CC(O)(CC(=O)NCCc1ccc(Br)cc1)c1ccccc1. The van der Waals surface area contributed by atoms with E-state index < -0.39 is 11.2 Å². The van der Waals surface area contributed by atoms with Crippen LogP contribution in [0.5, 0.6) is 0 Å². The highest BCUT2D eigenvalue weighted by Crippen LogP contribution is 2.33. The summed E-state index contributed by atoms with van der Waals surface area (Å²) in [5.41, 5.74) is -0.753. The molecule has 2 rings (SSSR count). The Hall–Kier alpha value is -1.69. The summed E-state index contributed by atoms with van der Waals surface area (Å²) >= 11 is 3.40. The molecule has 0 aliphatic rings. The summed E-state index contributed by atoms with van der Waals surface area (Å²) < 4.78 is 1.02. The van der Waals surface area contributed by atoms with E-state index in [0.29, 0.717) is 18.5 Å². The third kappa shape index (κ3) is 6.56. The van der Waals surface area contributed by atoms with Gasteiger partial charge in [0.05, 0.1) is 12.0 Å². The predicted octanol–water partition coefficient (Wildman–Crippen LogP) is 3.55. The third-order valence-electron chi connectivity index (χ3n) is 4.14. The number of nitrogens with one attached hydrogen (secondary N) is 1. The molecule has 0 aliphatic heterocycles. The van der Waals surface area contributed by atoms with Gasteiger partial charge < -0.3 is 15.5 Å². The van der Waals surface area contributed by atoms with Gasteiger partial charge in [0.2, 0.25) is 5.91 Å². The van der Waals surface area contributed by atoms with Crippen molar-refractivity contribution in [3.63, 3.8) is 0 Å². The highest BCUT2D eigenvalue weighted by atomic mass is 79.9. The first-order valence-electron chi connectivity index (χ1n) is 8.69. The molecule has 5 heteroatoms. The quantitative estimate of drug-likeness (QED) is 0.612. The minimum absolute atomic E-state index is 0.0736. The van der Waals surface area contributed by atoms with E-state index >= 15 is 0 Å². The molecule has 0 spiro atoms. The highest BCUT2D eigenvalue weighted by Gasteiger charge is 2.37. The van der Waals surface area contributed by atoms with Crippen molar-refractivity contribution < 1.29 is 15.0 Å². The van der Waals surface area contributed by atoms with Crippen LogP contribution in [0.15, 0.2) is 59.1 Å². The van der Waals surface area contributed by atoms with E-state index in [1.807, 2.05) is 42.5 Å². The number of carbonyl (C=O) groups excluding carboxylic acids is 1. The number of hydrogen-bond acceptors (Lipinski definition) is 3. The number of carbonyl (C=O) groups is 1. The molecule has 1 atom stereocenters. The van der Waals surface area contributed by atoms with Crippen molar-refractivity contribution in [2.45, 2.75) is 44.3 Å². The number of amides is 1. The molecule has 0 aliphatic carbocycles. The normalized spacial score (nSPS) is 13.9. The molecule has 0 bridgehead atoms. The zero-order chi connectivity index (χ0) is 19.2. The van der Waals surface area contributed by atoms with Gasteiger partial charge in [-0.2, -0.15) is 0 Å². The van der Waals surface area contributed by atoms with Crippen LogP contribution in [0.25, 0.3) is 0 Å². The fraction of sp³-hybridized carbons (Fsp3) is 0.381. The second kappa shape index (κ2) is 8.80. The van der Waals surface area contributed by atoms with E-state index in [4.69, 9.17) is 0 Å². The van der Waals surface area contributed by atoms with Gasteiger partial charge in [0.25, 0.3) is 0 Å². The van der Waals surface area contributed by atoms with Gasteiger partial charge in [-0.05, 0) is 43.5 Å². The fourth-order valence-corrected chi connectivity index (χ4v) is 3.32. The first-order chi connectivity index (χ1) is 12.2. The lowest BCUT2D eigenvalue weighted by atomic mass is 9.81. The third-order valence-corrected chi connectivity index (χ3v) is 4.67. The predicted molar refractivity (Wildman–Crippen MR) is 107 cm³/mol. The van der Waals surface area contributed by atoms with E-state index in [-0.39, 0.29) is 18.7 Å². The monoisotopic (exact) mass is 419 g/mol. The summed E-state index contributed by atoms with van der Waals surface area (Å²) in [4.78, 5) is 12.4. The van der Waals surface area contributed by atoms with E-state index in [1.165, 1.54) is 0 Å². The van der Waals surface area contributed by atoms with Gasteiger partial charge in [0.1, 0.15) is 5.60 Å². The van der Waals surface area contributed by atoms with Gasteiger partial charge in [-0.15, -0.1) is 0 Å². The molecule has 4 nitrogen and oxygen atoms in total. The van der Waals surface area contributed by atoms with Crippen molar-refractivity contribution in [2.24, 2.45) is 0 Å². The summed E-state index contributed by atoms with van der Waals surface area (Å²) in [6.07, 6.45) is 0.694. The number of hydrogen-bond donors (Lipinski definition) is 3. The van der Waals surface area contributed by atoms with Crippen LogP contribution in [0.4, 0.5) is 0 Å². The first-order valence-corrected chi connectivity index (χ1v) is 9.49. The van der Waals surface area contributed by atoms with Crippen molar-refractivity contribution in [1.29, 1.82) is 0 Å². The van der Waals surface area contributed by atoms with E-state index in [0.717, 1.165) is 10.0 Å². The van der Waals surface area contributed by atoms with Crippen LogP contribution in [0.2, 0.25) is 0 Å². The second-order valence-electron chi connectivity index (χ2n) is 7.29.